The number of benzene rings is 1. The molecule has 0 aliphatic carbocycles. The number of halogens is 1. The topological polar surface area (TPSA) is 46.3 Å². The van der Waals surface area contributed by atoms with Gasteiger partial charge < -0.3 is 10.6 Å². The molecule has 1 aliphatic rings. The van der Waals surface area contributed by atoms with Crippen molar-refractivity contribution in [3.05, 3.63) is 30.3 Å². The fraction of sp³-hybridized carbons (Fsp3) is 0.588. The average molecular weight is 343 g/mol. The summed E-state index contributed by atoms with van der Waals surface area (Å²) < 4.78 is 0. The highest BCUT2D eigenvalue weighted by Gasteiger charge is 2.30. The van der Waals surface area contributed by atoms with E-state index in [1.165, 1.54) is 4.90 Å². The van der Waals surface area contributed by atoms with Crippen molar-refractivity contribution < 1.29 is 4.79 Å². The van der Waals surface area contributed by atoms with E-state index in [2.05, 4.69) is 38.1 Å². The van der Waals surface area contributed by atoms with E-state index in [4.69, 9.17) is 5.73 Å². The Hall–Kier alpha value is -0.710. The maximum Gasteiger partial charge on any atom is 0.239 e. The minimum atomic E-state index is -0.337. The van der Waals surface area contributed by atoms with Gasteiger partial charge in [-0.2, -0.15) is 0 Å². The number of carbonyl (C=O) groups is 1. The van der Waals surface area contributed by atoms with E-state index in [0.717, 1.165) is 31.7 Å². The zero-order valence-corrected chi connectivity index (χ0v) is 15.0. The molecular weight excluding hydrogens is 316 g/mol. The van der Waals surface area contributed by atoms with Crippen LogP contribution in [-0.2, 0) is 4.79 Å². The zero-order valence-electron chi connectivity index (χ0n) is 13.4. The van der Waals surface area contributed by atoms with E-state index in [1.807, 2.05) is 22.7 Å². The lowest BCUT2D eigenvalue weighted by Gasteiger charge is -2.24. The van der Waals surface area contributed by atoms with Gasteiger partial charge >= 0.3 is 0 Å². The minimum Gasteiger partial charge on any atom is -0.341 e. The van der Waals surface area contributed by atoms with Crippen molar-refractivity contribution in [1.29, 1.82) is 0 Å². The molecule has 2 N–H and O–H groups in total. The average Bonchev–Trinajstić information content (AvgIpc) is 3.00. The van der Waals surface area contributed by atoms with Crippen LogP contribution in [0.15, 0.2) is 35.2 Å². The molecule has 1 aromatic carbocycles. The number of nitrogens with two attached hydrogens (primary N) is 1. The summed E-state index contributed by atoms with van der Waals surface area (Å²) in [5.41, 5.74) is 6.07. The molecule has 1 amide bonds. The Kier molecular flexibility index (Phi) is 8.29. The van der Waals surface area contributed by atoms with Crippen molar-refractivity contribution in [1.82, 2.24) is 4.90 Å². The van der Waals surface area contributed by atoms with Gasteiger partial charge in [-0.1, -0.05) is 38.5 Å². The van der Waals surface area contributed by atoms with Crippen molar-refractivity contribution in [3.8, 4) is 0 Å². The summed E-state index contributed by atoms with van der Waals surface area (Å²) in [6.45, 7) is 5.87. The molecule has 3 atom stereocenters. The number of amides is 1. The predicted molar refractivity (Wildman–Crippen MR) is 96.5 cm³/mol. The molecule has 3 unspecified atom stereocenters. The monoisotopic (exact) mass is 342 g/mol. The lowest BCUT2D eigenvalue weighted by atomic mass is 9.99. The molecular formula is C17H27ClN2OS. The fourth-order valence-electron chi connectivity index (χ4n) is 2.61. The molecule has 1 aromatic rings. The lowest BCUT2D eigenvalue weighted by Crippen LogP contribution is -2.46. The molecule has 2 rings (SSSR count). The lowest BCUT2D eigenvalue weighted by molar-refractivity contribution is -0.132. The smallest absolute Gasteiger partial charge is 0.239 e. The molecule has 0 bridgehead atoms. The number of rotatable bonds is 6. The number of hydrogen-bond donors (Lipinski definition) is 1. The summed E-state index contributed by atoms with van der Waals surface area (Å²) in [6.07, 6.45) is 2.05. The summed E-state index contributed by atoms with van der Waals surface area (Å²) >= 11 is 1.88. The van der Waals surface area contributed by atoms with Gasteiger partial charge in [0.1, 0.15) is 0 Å². The summed E-state index contributed by atoms with van der Waals surface area (Å²) in [4.78, 5) is 15.6. The molecule has 22 heavy (non-hydrogen) atoms. The second-order valence-corrected chi connectivity index (χ2v) is 7.07. The van der Waals surface area contributed by atoms with Crippen molar-refractivity contribution in [3.63, 3.8) is 0 Å². The Labute approximate surface area is 144 Å². The van der Waals surface area contributed by atoms with E-state index in [0.29, 0.717) is 5.92 Å². The van der Waals surface area contributed by atoms with Crippen LogP contribution in [0.2, 0.25) is 0 Å². The minimum absolute atomic E-state index is 0. The third-order valence-electron chi connectivity index (χ3n) is 4.37. The van der Waals surface area contributed by atoms with Gasteiger partial charge in [-0.25, -0.2) is 0 Å². The Bertz CT molecular complexity index is 457. The molecule has 1 heterocycles. The first kappa shape index (κ1) is 19.3. The standard InChI is InChI=1S/C17H26N2OS.ClH/c1-3-13(2)16(18)17(20)19-10-9-14(11-19)12-21-15-7-5-4-6-8-15;/h4-8,13-14,16H,3,9-12,18H2,1-2H3;1H. The zero-order chi connectivity index (χ0) is 15.2. The molecule has 0 spiro atoms. The fourth-order valence-corrected chi connectivity index (χ4v) is 3.66. The summed E-state index contributed by atoms with van der Waals surface area (Å²) in [5.74, 6) is 2.06. The molecule has 0 saturated carbocycles. The Morgan fingerprint density at radius 1 is 1.41 bits per heavy atom. The van der Waals surface area contributed by atoms with Crippen LogP contribution in [0.1, 0.15) is 26.7 Å². The van der Waals surface area contributed by atoms with Gasteiger partial charge in [0.05, 0.1) is 6.04 Å². The first-order valence-corrected chi connectivity index (χ1v) is 8.82. The number of thioether (sulfide) groups is 1. The number of carbonyl (C=O) groups excluding carboxylic acids is 1. The van der Waals surface area contributed by atoms with Gasteiger partial charge in [-0.3, -0.25) is 4.79 Å². The molecule has 1 aliphatic heterocycles. The van der Waals surface area contributed by atoms with Crippen molar-refractivity contribution in [2.24, 2.45) is 17.6 Å². The molecule has 124 valence electrons. The van der Waals surface area contributed by atoms with Crippen LogP contribution >= 0.6 is 24.2 Å². The van der Waals surface area contributed by atoms with Gasteiger partial charge in [0.15, 0.2) is 0 Å². The maximum atomic E-state index is 12.4. The van der Waals surface area contributed by atoms with Gasteiger partial charge in [0, 0.05) is 23.7 Å². The number of likely N-dealkylation sites (tertiary alicyclic amines) is 1. The Morgan fingerprint density at radius 3 is 2.73 bits per heavy atom. The van der Waals surface area contributed by atoms with Gasteiger partial charge in [-0.05, 0) is 30.4 Å². The van der Waals surface area contributed by atoms with Crippen LogP contribution in [0.4, 0.5) is 0 Å². The van der Waals surface area contributed by atoms with E-state index in [1.54, 1.807) is 0 Å². The summed E-state index contributed by atoms with van der Waals surface area (Å²) in [5, 5.41) is 0. The molecule has 5 heteroatoms. The number of hydrogen-bond acceptors (Lipinski definition) is 3. The Morgan fingerprint density at radius 2 is 2.09 bits per heavy atom. The first-order valence-electron chi connectivity index (χ1n) is 7.84. The van der Waals surface area contributed by atoms with E-state index >= 15 is 0 Å². The highest BCUT2D eigenvalue weighted by molar-refractivity contribution is 7.99. The van der Waals surface area contributed by atoms with Crippen LogP contribution in [0, 0.1) is 11.8 Å². The summed E-state index contributed by atoms with van der Waals surface area (Å²) in [6, 6.07) is 10.1. The summed E-state index contributed by atoms with van der Waals surface area (Å²) in [7, 11) is 0. The van der Waals surface area contributed by atoms with Crippen molar-refractivity contribution >= 4 is 30.1 Å². The largest absolute Gasteiger partial charge is 0.341 e. The highest BCUT2D eigenvalue weighted by atomic mass is 35.5. The molecule has 1 fully saturated rings. The van der Waals surface area contributed by atoms with Crippen LogP contribution < -0.4 is 5.73 Å². The van der Waals surface area contributed by atoms with Gasteiger partial charge in [-0.15, -0.1) is 24.2 Å². The molecule has 0 aromatic heterocycles. The highest BCUT2D eigenvalue weighted by Crippen LogP contribution is 2.26. The Balaban J connectivity index is 0.00000242. The molecule has 1 saturated heterocycles. The van der Waals surface area contributed by atoms with Crippen LogP contribution in [0.25, 0.3) is 0 Å². The number of nitrogens with zero attached hydrogens (tertiary/aromatic N) is 1. The third-order valence-corrected chi connectivity index (χ3v) is 5.61. The first-order chi connectivity index (χ1) is 10.1. The van der Waals surface area contributed by atoms with Crippen LogP contribution in [0.5, 0.6) is 0 Å². The quantitative estimate of drug-likeness (QED) is 0.806. The van der Waals surface area contributed by atoms with E-state index in [9.17, 15) is 4.79 Å². The van der Waals surface area contributed by atoms with Crippen LogP contribution in [-0.4, -0.2) is 35.7 Å². The normalized spacial score (nSPS) is 20.3. The molecule has 3 nitrogen and oxygen atoms in total. The second kappa shape index (κ2) is 9.43. The van der Waals surface area contributed by atoms with Gasteiger partial charge in [0.25, 0.3) is 0 Å². The van der Waals surface area contributed by atoms with Crippen molar-refractivity contribution in [2.45, 2.75) is 37.6 Å². The van der Waals surface area contributed by atoms with E-state index < -0.39 is 0 Å². The molecule has 0 radical (unpaired) electrons. The van der Waals surface area contributed by atoms with E-state index in [-0.39, 0.29) is 30.3 Å². The second-order valence-electron chi connectivity index (χ2n) is 5.97. The predicted octanol–water partition coefficient (Wildman–Crippen LogP) is 3.42. The third kappa shape index (κ3) is 5.18. The van der Waals surface area contributed by atoms with Crippen molar-refractivity contribution in [2.75, 3.05) is 18.8 Å². The maximum absolute atomic E-state index is 12.4. The SMILES string of the molecule is CCC(C)C(N)C(=O)N1CCC(CSc2ccccc2)C1.Cl. The van der Waals surface area contributed by atoms with Gasteiger partial charge in [0.2, 0.25) is 5.91 Å². The van der Waals surface area contributed by atoms with Crippen LogP contribution in [0.3, 0.4) is 0 Å².